The van der Waals surface area contributed by atoms with Crippen LogP contribution in [-0.4, -0.2) is 5.16 Å². The van der Waals surface area contributed by atoms with Gasteiger partial charge in [-0.15, -0.1) is 0 Å². The van der Waals surface area contributed by atoms with Gasteiger partial charge >= 0.3 is 0 Å². The van der Waals surface area contributed by atoms with E-state index in [4.69, 9.17) is 9.78 Å². The van der Waals surface area contributed by atoms with Crippen molar-refractivity contribution in [2.75, 3.05) is 0 Å². The van der Waals surface area contributed by atoms with Gasteiger partial charge in [-0.25, -0.2) is 0 Å². The molecule has 1 aromatic carbocycles. The average Bonchev–Trinajstić information content (AvgIpc) is 2.93. The van der Waals surface area contributed by atoms with Crippen LogP contribution in [0.3, 0.4) is 0 Å². The summed E-state index contributed by atoms with van der Waals surface area (Å²) in [6.45, 7) is 4.74. The first-order valence-electron chi connectivity index (χ1n) is 6.41. The van der Waals surface area contributed by atoms with Crippen LogP contribution in [0.1, 0.15) is 42.5 Å². The van der Waals surface area contributed by atoms with Crippen molar-refractivity contribution in [2.45, 2.75) is 32.9 Å². The van der Waals surface area contributed by atoms with Crippen LogP contribution in [0.2, 0.25) is 0 Å². The molecule has 0 bridgehead atoms. The van der Waals surface area contributed by atoms with Crippen LogP contribution < -0.4 is 5.32 Å². The van der Waals surface area contributed by atoms with Crippen molar-refractivity contribution in [2.24, 2.45) is 0 Å². The van der Waals surface area contributed by atoms with Crippen molar-refractivity contribution in [1.29, 1.82) is 5.26 Å². The third-order valence-corrected chi connectivity index (χ3v) is 3.07. The molecule has 1 aromatic heterocycles. The van der Waals surface area contributed by atoms with Crippen molar-refractivity contribution in [3.63, 3.8) is 0 Å². The summed E-state index contributed by atoms with van der Waals surface area (Å²) in [5.74, 6) is 0.833. The third kappa shape index (κ3) is 3.43. The Bertz CT molecular complexity index is 583. The Labute approximate surface area is 113 Å². The zero-order valence-corrected chi connectivity index (χ0v) is 11.2. The molecule has 19 heavy (non-hydrogen) atoms. The molecule has 4 nitrogen and oxygen atoms in total. The lowest BCUT2D eigenvalue weighted by atomic mass is 10.1. The zero-order valence-electron chi connectivity index (χ0n) is 11.2. The lowest BCUT2D eigenvalue weighted by Gasteiger charge is -2.13. The minimum atomic E-state index is 0.156. The highest BCUT2D eigenvalue weighted by atomic mass is 16.5. The van der Waals surface area contributed by atoms with Crippen LogP contribution in [0.5, 0.6) is 0 Å². The molecule has 0 radical (unpaired) electrons. The summed E-state index contributed by atoms with van der Waals surface area (Å²) in [5.41, 5.74) is 2.74. The maximum absolute atomic E-state index is 8.89. The van der Waals surface area contributed by atoms with Crippen molar-refractivity contribution in [1.82, 2.24) is 10.5 Å². The van der Waals surface area contributed by atoms with Crippen LogP contribution >= 0.6 is 0 Å². The van der Waals surface area contributed by atoms with Gasteiger partial charge in [-0.2, -0.15) is 5.26 Å². The number of benzene rings is 1. The Morgan fingerprint density at radius 1 is 1.42 bits per heavy atom. The van der Waals surface area contributed by atoms with E-state index >= 15 is 0 Å². The molecule has 0 fully saturated rings. The second-order valence-electron chi connectivity index (χ2n) is 4.48. The zero-order chi connectivity index (χ0) is 13.7. The Balaban J connectivity index is 1.97. The van der Waals surface area contributed by atoms with E-state index in [0.717, 1.165) is 23.4 Å². The van der Waals surface area contributed by atoms with Crippen LogP contribution in [0.15, 0.2) is 34.9 Å². The fourth-order valence-corrected chi connectivity index (χ4v) is 1.85. The molecule has 4 heteroatoms. The molecule has 1 N–H and O–H groups in total. The number of nitrogens with zero attached hydrogens (tertiary/aromatic N) is 2. The predicted octanol–water partition coefficient (Wildman–Crippen LogP) is 2.96. The summed E-state index contributed by atoms with van der Waals surface area (Å²) >= 11 is 0. The van der Waals surface area contributed by atoms with Crippen molar-refractivity contribution >= 4 is 0 Å². The number of nitrogens with one attached hydrogen (secondary N) is 1. The summed E-state index contributed by atoms with van der Waals surface area (Å²) in [6, 6.07) is 11.9. The first kappa shape index (κ1) is 13.3. The molecule has 98 valence electrons. The third-order valence-electron chi connectivity index (χ3n) is 3.07. The molecule has 0 saturated heterocycles. The van der Waals surface area contributed by atoms with E-state index in [-0.39, 0.29) is 6.04 Å². The van der Waals surface area contributed by atoms with E-state index in [0.29, 0.717) is 12.1 Å². The van der Waals surface area contributed by atoms with Crippen molar-refractivity contribution in [3.8, 4) is 6.07 Å². The van der Waals surface area contributed by atoms with E-state index in [1.807, 2.05) is 31.2 Å². The Morgan fingerprint density at radius 2 is 2.26 bits per heavy atom. The van der Waals surface area contributed by atoms with E-state index in [1.165, 1.54) is 0 Å². The highest BCUT2D eigenvalue weighted by Gasteiger charge is 2.08. The van der Waals surface area contributed by atoms with Gasteiger partial charge in [0.15, 0.2) is 5.76 Å². The standard InChI is InChI=1S/C15H17N3O/c1-3-14-8-15(19-18-14)10-17-11(2)13-6-4-5-12(7-13)9-16/h4-8,11,17H,3,10H2,1-2H3. The second kappa shape index (κ2) is 6.17. The van der Waals surface area contributed by atoms with Gasteiger partial charge in [-0.1, -0.05) is 24.2 Å². The Morgan fingerprint density at radius 3 is 2.95 bits per heavy atom. The van der Waals surface area contributed by atoms with Gasteiger partial charge in [-0.05, 0) is 31.0 Å². The van der Waals surface area contributed by atoms with Gasteiger partial charge in [0.25, 0.3) is 0 Å². The molecule has 0 aliphatic heterocycles. The smallest absolute Gasteiger partial charge is 0.150 e. The van der Waals surface area contributed by atoms with Gasteiger partial charge in [-0.3, -0.25) is 0 Å². The molecule has 1 unspecified atom stereocenters. The van der Waals surface area contributed by atoms with E-state index < -0.39 is 0 Å². The highest BCUT2D eigenvalue weighted by molar-refractivity contribution is 5.34. The van der Waals surface area contributed by atoms with Crippen LogP contribution in [0, 0.1) is 11.3 Å². The van der Waals surface area contributed by atoms with Crippen LogP contribution in [-0.2, 0) is 13.0 Å². The van der Waals surface area contributed by atoms with Crippen LogP contribution in [0.25, 0.3) is 0 Å². The highest BCUT2D eigenvalue weighted by Crippen LogP contribution is 2.15. The lowest BCUT2D eigenvalue weighted by molar-refractivity contribution is 0.361. The molecule has 2 rings (SSSR count). The van der Waals surface area contributed by atoms with Crippen LogP contribution in [0.4, 0.5) is 0 Å². The topological polar surface area (TPSA) is 61.9 Å². The molecule has 1 atom stereocenters. The largest absolute Gasteiger partial charge is 0.360 e. The molecule has 0 saturated carbocycles. The first-order valence-corrected chi connectivity index (χ1v) is 6.41. The Hall–Kier alpha value is -2.12. The van der Waals surface area contributed by atoms with Crippen molar-refractivity contribution < 1.29 is 4.52 Å². The fourth-order valence-electron chi connectivity index (χ4n) is 1.85. The van der Waals surface area contributed by atoms with E-state index in [9.17, 15) is 0 Å². The minimum Gasteiger partial charge on any atom is -0.360 e. The van der Waals surface area contributed by atoms with Gasteiger partial charge in [0, 0.05) is 12.1 Å². The van der Waals surface area contributed by atoms with Crippen molar-refractivity contribution in [3.05, 3.63) is 52.9 Å². The van der Waals surface area contributed by atoms with Gasteiger partial charge in [0.2, 0.25) is 0 Å². The molecule has 1 heterocycles. The SMILES string of the molecule is CCc1cc(CNC(C)c2cccc(C#N)c2)on1. The normalized spacial score (nSPS) is 12.1. The average molecular weight is 255 g/mol. The number of hydrogen-bond acceptors (Lipinski definition) is 4. The molecular formula is C15H17N3O. The summed E-state index contributed by atoms with van der Waals surface area (Å²) in [6.07, 6.45) is 0.878. The van der Waals surface area contributed by atoms with Gasteiger partial charge in [0.1, 0.15) is 0 Å². The number of nitriles is 1. The Kier molecular flexibility index (Phi) is 4.32. The molecule has 0 aliphatic carbocycles. The van der Waals surface area contributed by atoms with E-state index in [2.05, 4.69) is 23.5 Å². The predicted molar refractivity (Wildman–Crippen MR) is 72.3 cm³/mol. The van der Waals surface area contributed by atoms with E-state index in [1.54, 1.807) is 6.07 Å². The minimum absolute atomic E-state index is 0.156. The monoisotopic (exact) mass is 255 g/mol. The van der Waals surface area contributed by atoms with Gasteiger partial charge in [0.05, 0.1) is 23.9 Å². The molecular weight excluding hydrogens is 238 g/mol. The number of aromatic nitrogens is 1. The summed E-state index contributed by atoms with van der Waals surface area (Å²) in [4.78, 5) is 0. The summed E-state index contributed by atoms with van der Waals surface area (Å²) in [7, 11) is 0. The summed E-state index contributed by atoms with van der Waals surface area (Å²) < 4.78 is 5.22. The number of hydrogen-bond donors (Lipinski definition) is 1. The van der Waals surface area contributed by atoms with Gasteiger partial charge < -0.3 is 9.84 Å². The molecule has 0 amide bonds. The molecule has 2 aromatic rings. The fraction of sp³-hybridized carbons (Fsp3) is 0.333. The lowest BCUT2D eigenvalue weighted by Crippen LogP contribution is -2.17. The molecule has 0 spiro atoms. The molecule has 0 aliphatic rings. The number of aryl methyl sites for hydroxylation is 1. The summed E-state index contributed by atoms with van der Waals surface area (Å²) in [5, 5.41) is 16.2. The quantitative estimate of drug-likeness (QED) is 0.892. The maximum atomic E-state index is 8.89. The number of rotatable bonds is 5. The second-order valence-corrected chi connectivity index (χ2v) is 4.48. The maximum Gasteiger partial charge on any atom is 0.150 e. The first-order chi connectivity index (χ1) is 9.22.